The molecule has 2 heterocycles. The minimum Gasteiger partial charge on any atom is -0.497 e. The number of aliphatic hydroxyl groups excluding tert-OH is 3. The number of methoxy groups -OCH3 is 1. The lowest BCUT2D eigenvalue weighted by molar-refractivity contribution is -0.131. The summed E-state index contributed by atoms with van der Waals surface area (Å²) in [5.41, 5.74) is 0.918. The van der Waals surface area contributed by atoms with Crippen LogP contribution in [0.3, 0.4) is 0 Å². The van der Waals surface area contributed by atoms with Gasteiger partial charge in [-0.15, -0.1) is 0 Å². The van der Waals surface area contributed by atoms with Crippen molar-refractivity contribution in [1.29, 1.82) is 0 Å². The van der Waals surface area contributed by atoms with E-state index in [9.17, 15) is 20.1 Å². The van der Waals surface area contributed by atoms with E-state index in [1.165, 1.54) is 4.90 Å². The second-order valence-electron chi connectivity index (χ2n) is 5.61. The highest BCUT2D eigenvalue weighted by atomic mass is 16.5. The molecule has 3 rings (SSSR count). The Morgan fingerprint density at radius 2 is 1.90 bits per heavy atom. The van der Waals surface area contributed by atoms with Gasteiger partial charge in [0, 0.05) is 12.3 Å². The average Bonchev–Trinajstić information content (AvgIpc) is 2.97. The highest BCUT2D eigenvalue weighted by Gasteiger charge is 2.56. The summed E-state index contributed by atoms with van der Waals surface area (Å²) in [6, 6.07) is 6.14. The van der Waals surface area contributed by atoms with Crippen LogP contribution in [-0.2, 0) is 4.79 Å². The van der Waals surface area contributed by atoms with Crippen LogP contribution in [0.25, 0.3) is 0 Å². The number of nitrogens with zero attached hydrogens (tertiary/aromatic N) is 1. The van der Waals surface area contributed by atoms with Crippen molar-refractivity contribution in [2.45, 2.75) is 36.6 Å². The number of aliphatic hydroxyl groups is 3. The van der Waals surface area contributed by atoms with E-state index in [0.29, 0.717) is 0 Å². The molecule has 6 heteroatoms. The Bertz CT molecular complexity index is 531. The lowest BCUT2D eigenvalue weighted by atomic mass is 9.88. The first kappa shape index (κ1) is 14.3. The third-order valence-corrected chi connectivity index (χ3v) is 4.60. The lowest BCUT2D eigenvalue weighted by Gasteiger charge is -2.25. The van der Waals surface area contributed by atoms with Crippen LogP contribution in [-0.4, -0.2) is 64.1 Å². The van der Waals surface area contributed by atoms with Crippen molar-refractivity contribution in [3.63, 3.8) is 0 Å². The fraction of sp³-hybridized carbons (Fsp3) is 0.533. The summed E-state index contributed by atoms with van der Waals surface area (Å²) >= 11 is 0. The maximum absolute atomic E-state index is 12.2. The van der Waals surface area contributed by atoms with Crippen molar-refractivity contribution in [1.82, 2.24) is 4.90 Å². The minimum absolute atomic E-state index is 0.143. The van der Waals surface area contributed by atoms with Crippen molar-refractivity contribution in [2.24, 2.45) is 0 Å². The Hall–Kier alpha value is -1.63. The van der Waals surface area contributed by atoms with E-state index in [2.05, 4.69) is 0 Å². The van der Waals surface area contributed by atoms with Crippen LogP contribution in [0.4, 0.5) is 0 Å². The van der Waals surface area contributed by atoms with Gasteiger partial charge in [0.2, 0.25) is 5.91 Å². The Labute approximate surface area is 122 Å². The number of carbonyl (C=O) groups is 1. The van der Waals surface area contributed by atoms with E-state index in [0.717, 1.165) is 11.3 Å². The van der Waals surface area contributed by atoms with Crippen molar-refractivity contribution < 1.29 is 24.9 Å². The molecule has 0 spiro atoms. The number of hydrogen-bond donors (Lipinski definition) is 3. The van der Waals surface area contributed by atoms with Crippen LogP contribution in [0.5, 0.6) is 5.75 Å². The molecule has 21 heavy (non-hydrogen) atoms. The maximum Gasteiger partial charge on any atom is 0.224 e. The molecule has 2 fully saturated rings. The molecule has 0 radical (unpaired) electrons. The summed E-state index contributed by atoms with van der Waals surface area (Å²) in [7, 11) is 1.58. The fourth-order valence-corrected chi connectivity index (χ4v) is 3.54. The van der Waals surface area contributed by atoms with E-state index in [4.69, 9.17) is 4.74 Å². The van der Waals surface area contributed by atoms with Crippen LogP contribution in [0, 0.1) is 0 Å². The molecule has 0 unspecified atom stereocenters. The van der Waals surface area contributed by atoms with Crippen LogP contribution < -0.4 is 4.74 Å². The minimum atomic E-state index is -1.11. The molecule has 0 saturated carbocycles. The van der Waals surface area contributed by atoms with Gasteiger partial charge in [0.15, 0.2) is 0 Å². The molecule has 0 aromatic heterocycles. The number of benzene rings is 1. The number of hydrogen-bond acceptors (Lipinski definition) is 5. The largest absolute Gasteiger partial charge is 0.497 e. The number of fused-ring (bicyclic) bond motifs is 1. The summed E-state index contributed by atoms with van der Waals surface area (Å²) in [5.74, 6) is 0.389. The van der Waals surface area contributed by atoms with Crippen LogP contribution in [0.15, 0.2) is 24.3 Å². The molecule has 114 valence electrons. The molecule has 0 aliphatic carbocycles. The van der Waals surface area contributed by atoms with Gasteiger partial charge >= 0.3 is 0 Å². The van der Waals surface area contributed by atoms with E-state index >= 15 is 0 Å². The maximum atomic E-state index is 12.2. The second kappa shape index (κ2) is 5.29. The molecule has 2 aliphatic rings. The van der Waals surface area contributed by atoms with Crippen molar-refractivity contribution >= 4 is 5.91 Å². The van der Waals surface area contributed by atoms with Gasteiger partial charge < -0.3 is 25.0 Å². The molecule has 2 saturated heterocycles. The smallest absolute Gasteiger partial charge is 0.224 e. The zero-order valence-electron chi connectivity index (χ0n) is 11.7. The van der Waals surface area contributed by atoms with Crippen molar-refractivity contribution in [3.8, 4) is 5.75 Å². The van der Waals surface area contributed by atoms with Gasteiger partial charge in [-0.05, 0) is 17.7 Å². The predicted molar refractivity (Wildman–Crippen MR) is 73.9 cm³/mol. The molecular formula is C15H19NO5. The normalized spacial score (nSPS) is 35.1. The van der Waals surface area contributed by atoms with Gasteiger partial charge in [-0.3, -0.25) is 4.79 Å². The van der Waals surface area contributed by atoms with Gasteiger partial charge in [0.05, 0.1) is 25.8 Å². The van der Waals surface area contributed by atoms with Gasteiger partial charge in [-0.2, -0.15) is 0 Å². The Kier molecular flexibility index (Phi) is 3.61. The van der Waals surface area contributed by atoms with Gasteiger partial charge in [0.1, 0.15) is 18.0 Å². The first-order valence-corrected chi connectivity index (χ1v) is 7.00. The summed E-state index contributed by atoms with van der Waals surface area (Å²) < 4.78 is 5.11. The Morgan fingerprint density at radius 3 is 2.48 bits per heavy atom. The van der Waals surface area contributed by atoms with E-state index < -0.39 is 24.3 Å². The van der Waals surface area contributed by atoms with Gasteiger partial charge in [0.25, 0.3) is 0 Å². The van der Waals surface area contributed by atoms with Crippen LogP contribution >= 0.6 is 0 Å². The number of ether oxygens (including phenoxy) is 1. The topological polar surface area (TPSA) is 90.2 Å². The standard InChI is InChI=1S/C15H19NO5/c1-21-9-4-2-8(3-5-9)10-6-12(18)16-11(7-17)14(19)15(20)13(10)16/h2-5,10-11,13-15,17,19-20H,6-7H2,1H3/t10-,11+,13+,14-,15+/m1/s1. The monoisotopic (exact) mass is 293 g/mol. The predicted octanol–water partition coefficient (Wildman–Crippen LogP) is -0.524. The quantitative estimate of drug-likeness (QED) is 0.697. The van der Waals surface area contributed by atoms with E-state index in [1.54, 1.807) is 7.11 Å². The second-order valence-corrected chi connectivity index (χ2v) is 5.61. The summed E-state index contributed by atoms with van der Waals surface area (Å²) in [6.07, 6.45) is -1.87. The summed E-state index contributed by atoms with van der Waals surface area (Å²) in [4.78, 5) is 13.6. The Morgan fingerprint density at radius 1 is 1.24 bits per heavy atom. The van der Waals surface area contributed by atoms with Crippen LogP contribution in [0.1, 0.15) is 17.9 Å². The fourth-order valence-electron chi connectivity index (χ4n) is 3.54. The van der Waals surface area contributed by atoms with Crippen LogP contribution in [0.2, 0.25) is 0 Å². The summed E-state index contributed by atoms with van der Waals surface area (Å²) in [6.45, 7) is -0.351. The molecule has 3 N–H and O–H groups in total. The first-order valence-electron chi connectivity index (χ1n) is 7.00. The Balaban J connectivity index is 1.92. The molecule has 1 aromatic rings. The SMILES string of the molecule is COc1ccc([C@H]2CC(=O)N3[C@@H]2[C@H](O)[C@H](O)[C@@H]3CO)cc1. The first-order chi connectivity index (χ1) is 10.1. The van der Waals surface area contributed by atoms with Crippen molar-refractivity contribution in [3.05, 3.63) is 29.8 Å². The molecule has 1 amide bonds. The highest BCUT2D eigenvalue weighted by molar-refractivity contribution is 5.82. The van der Waals surface area contributed by atoms with Gasteiger partial charge in [-0.1, -0.05) is 12.1 Å². The zero-order valence-corrected chi connectivity index (χ0v) is 11.7. The molecule has 0 bridgehead atoms. The lowest BCUT2D eigenvalue weighted by Crippen LogP contribution is -2.41. The van der Waals surface area contributed by atoms with Crippen molar-refractivity contribution in [2.75, 3.05) is 13.7 Å². The number of rotatable bonds is 3. The zero-order chi connectivity index (χ0) is 15.1. The average molecular weight is 293 g/mol. The van der Waals surface area contributed by atoms with E-state index in [1.807, 2.05) is 24.3 Å². The molecule has 2 aliphatic heterocycles. The third kappa shape index (κ3) is 2.10. The number of amides is 1. The van der Waals surface area contributed by atoms with E-state index in [-0.39, 0.29) is 24.9 Å². The molecule has 5 atom stereocenters. The summed E-state index contributed by atoms with van der Waals surface area (Å²) in [5, 5.41) is 29.6. The molecule has 6 nitrogen and oxygen atoms in total. The highest BCUT2D eigenvalue weighted by Crippen LogP contribution is 2.43. The van der Waals surface area contributed by atoms with Gasteiger partial charge in [-0.25, -0.2) is 0 Å². The molecular weight excluding hydrogens is 274 g/mol. The third-order valence-electron chi connectivity index (χ3n) is 4.60. The number of carbonyl (C=O) groups excluding carboxylic acids is 1. The molecule has 1 aromatic carbocycles.